The molecule has 0 radical (unpaired) electrons. The van der Waals surface area contributed by atoms with E-state index in [2.05, 4.69) is 39.8 Å². The SMILES string of the molecule is CC(C)(C)C1(C)C=CC=C(N)C=C1. The van der Waals surface area contributed by atoms with Gasteiger partial charge in [0, 0.05) is 11.1 Å². The normalized spacial score (nSPS) is 28.5. The lowest BCUT2D eigenvalue weighted by Crippen LogP contribution is -2.28. The van der Waals surface area contributed by atoms with Gasteiger partial charge in [0.25, 0.3) is 0 Å². The van der Waals surface area contributed by atoms with Crippen LogP contribution in [0.4, 0.5) is 0 Å². The van der Waals surface area contributed by atoms with Crippen LogP contribution in [0.3, 0.4) is 0 Å². The average Bonchev–Trinajstić information content (AvgIpc) is 2.13. The van der Waals surface area contributed by atoms with Gasteiger partial charge in [-0.25, -0.2) is 0 Å². The van der Waals surface area contributed by atoms with E-state index in [4.69, 9.17) is 5.73 Å². The van der Waals surface area contributed by atoms with Crippen molar-refractivity contribution in [3.8, 4) is 0 Å². The second-order valence-electron chi connectivity index (χ2n) is 4.89. The van der Waals surface area contributed by atoms with Gasteiger partial charge in [-0.1, -0.05) is 45.9 Å². The number of nitrogens with two attached hydrogens (primary N) is 1. The highest BCUT2D eigenvalue weighted by Gasteiger charge is 2.32. The summed E-state index contributed by atoms with van der Waals surface area (Å²) < 4.78 is 0. The van der Waals surface area contributed by atoms with Crippen LogP contribution in [0.15, 0.2) is 36.1 Å². The molecule has 1 aliphatic rings. The lowest BCUT2D eigenvalue weighted by atomic mass is 9.68. The zero-order valence-corrected chi connectivity index (χ0v) is 8.96. The van der Waals surface area contributed by atoms with E-state index in [-0.39, 0.29) is 10.8 Å². The molecule has 0 aromatic carbocycles. The Balaban J connectivity index is 3.03. The molecule has 0 heterocycles. The van der Waals surface area contributed by atoms with E-state index >= 15 is 0 Å². The smallest absolute Gasteiger partial charge is 0.0310 e. The van der Waals surface area contributed by atoms with Crippen LogP contribution in [0, 0.1) is 10.8 Å². The van der Waals surface area contributed by atoms with Crippen LogP contribution < -0.4 is 5.73 Å². The first-order valence-corrected chi connectivity index (χ1v) is 4.69. The molecule has 72 valence electrons. The second kappa shape index (κ2) is 3.06. The van der Waals surface area contributed by atoms with Gasteiger partial charge in [0.15, 0.2) is 0 Å². The number of hydrogen-bond donors (Lipinski definition) is 1. The molecule has 0 saturated carbocycles. The minimum atomic E-state index is 0.0879. The van der Waals surface area contributed by atoms with Gasteiger partial charge in [-0.05, 0) is 17.6 Å². The molecule has 0 spiro atoms. The number of hydrogen-bond acceptors (Lipinski definition) is 1. The molecular weight excluding hydrogens is 158 g/mol. The van der Waals surface area contributed by atoms with Crippen molar-refractivity contribution in [3.63, 3.8) is 0 Å². The molecule has 0 fully saturated rings. The molecule has 0 amide bonds. The fourth-order valence-electron chi connectivity index (χ4n) is 1.24. The Kier molecular flexibility index (Phi) is 2.38. The summed E-state index contributed by atoms with van der Waals surface area (Å²) in [5.74, 6) is 0. The minimum Gasteiger partial charge on any atom is -0.399 e. The van der Waals surface area contributed by atoms with Crippen molar-refractivity contribution in [3.05, 3.63) is 36.1 Å². The Morgan fingerprint density at radius 1 is 1.23 bits per heavy atom. The van der Waals surface area contributed by atoms with E-state index in [1.807, 2.05) is 18.2 Å². The molecule has 0 saturated heterocycles. The molecule has 0 aromatic heterocycles. The molecular formula is C12H19N. The number of allylic oxidation sites excluding steroid dienone is 5. The quantitative estimate of drug-likeness (QED) is 0.604. The molecule has 0 bridgehead atoms. The van der Waals surface area contributed by atoms with Gasteiger partial charge in [-0.3, -0.25) is 0 Å². The highest BCUT2D eigenvalue weighted by molar-refractivity contribution is 5.30. The van der Waals surface area contributed by atoms with Gasteiger partial charge >= 0.3 is 0 Å². The summed E-state index contributed by atoms with van der Waals surface area (Å²) in [7, 11) is 0. The zero-order valence-electron chi connectivity index (χ0n) is 8.96. The third-order valence-corrected chi connectivity index (χ3v) is 2.97. The van der Waals surface area contributed by atoms with Crippen LogP contribution >= 0.6 is 0 Å². The Morgan fingerprint density at radius 3 is 2.38 bits per heavy atom. The summed E-state index contributed by atoms with van der Waals surface area (Å²) in [5, 5.41) is 0. The Bertz CT molecular complexity index is 276. The summed E-state index contributed by atoms with van der Waals surface area (Å²) in [4.78, 5) is 0. The standard InChI is InChI=1S/C12H19N/c1-11(2,3)12(4)8-5-6-10(13)7-9-12/h5-9H,13H2,1-4H3. The van der Waals surface area contributed by atoms with Crippen LogP contribution in [-0.4, -0.2) is 0 Å². The van der Waals surface area contributed by atoms with Crippen molar-refractivity contribution >= 4 is 0 Å². The van der Waals surface area contributed by atoms with Gasteiger partial charge in [0.2, 0.25) is 0 Å². The second-order valence-corrected chi connectivity index (χ2v) is 4.89. The van der Waals surface area contributed by atoms with Crippen LogP contribution in [0.1, 0.15) is 27.7 Å². The average molecular weight is 177 g/mol. The van der Waals surface area contributed by atoms with Gasteiger partial charge in [-0.15, -0.1) is 0 Å². The van der Waals surface area contributed by atoms with E-state index in [0.29, 0.717) is 0 Å². The van der Waals surface area contributed by atoms with Crippen molar-refractivity contribution in [1.82, 2.24) is 0 Å². The Labute approximate surface area is 81.0 Å². The Hall–Kier alpha value is -0.980. The fourth-order valence-corrected chi connectivity index (χ4v) is 1.24. The molecule has 0 aromatic rings. The molecule has 1 unspecified atom stereocenters. The molecule has 1 nitrogen and oxygen atoms in total. The first kappa shape index (κ1) is 10.1. The van der Waals surface area contributed by atoms with Gasteiger partial charge in [0.05, 0.1) is 0 Å². The van der Waals surface area contributed by atoms with E-state index < -0.39 is 0 Å². The predicted octanol–water partition coefficient (Wildman–Crippen LogP) is 3.01. The number of rotatable bonds is 0. The van der Waals surface area contributed by atoms with Crippen LogP contribution in [0.2, 0.25) is 0 Å². The zero-order chi connectivity index (χ0) is 10.1. The summed E-state index contributed by atoms with van der Waals surface area (Å²) in [6.45, 7) is 8.95. The third-order valence-electron chi connectivity index (χ3n) is 2.97. The van der Waals surface area contributed by atoms with Crippen molar-refractivity contribution in [2.24, 2.45) is 16.6 Å². The third kappa shape index (κ3) is 2.03. The maximum atomic E-state index is 5.72. The van der Waals surface area contributed by atoms with E-state index in [1.54, 1.807) is 0 Å². The van der Waals surface area contributed by atoms with Crippen LogP contribution in [-0.2, 0) is 0 Å². The predicted molar refractivity (Wildman–Crippen MR) is 58.1 cm³/mol. The van der Waals surface area contributed by atoms with Gasteiger partial charge < -0.3 is 5.73 Å². The molecule has 1 aliphatic carbocycles. The molecule has 1 heteroatoms. The minimum absolute atomic E-state index is 0.0879. The lowest BCUT2D eigenvalue weighted by Gasteiger charge is -2.37. The van der Waals surface area contributed by atoms with Crippen LogP contribution in [0.25, 0.3) is 0 Å². The van der Waals surface area contributed by atoms with Crippen molar-refractivity contribution in [2.75, 3.05) is 0 Å². The molecule has 1 atom stereocenters. The Morgan fingerprint density at radius 2 is 1.85 bits per heavy atom. The summed E-state index contributed by atoms with van der Waals surface area (Å²) in [6, 6.07) is 0. The fraction of sp³-hybridized carbons (Fsp3) is 0.500. The van der Waals surface area contributed by atoms with Crippen molar-refractivity contribution in [2.45, 2.75) is 27.7 Å². The first-order chi connectivity index (χ1) is 5.85. The summed E-state index contributed by atoms with van der Waals surface area (Å²) in [6.07, 6.45) is 10.4. The molecule has 2 N–H and O–H groups in total. The maximum absolute atomic E-state index is 5.72. The lowest BCUT2D eigenvalue weighted by molar-refractivity contribution is 0.228. The topological polar surface area (TPSA) is 26.0 Å². The van der Waals surface area contributed by atoms with Gasteiger partial charge in [0.1, 0.15) is 0 Å². The highest BCUT2D eigenvalue weighted by Crippen LogP contribution is 2.41. The maximum Gasteiger partial charge on any atom is 0.0310 e. The van der Waals surface area contributed by atoms with Gasteiger partial charge in [-0.2, -0.15) is 0 Å². The van der Waals surface area contributed by atoms with Crippen molar-refractivity contribution in [1.29, 1.82) is 0 Å². The molecule has 13 heavy (non-hydrogen) atoms. The van der Waals surface area contributed by atoms with Crippen molar-refractivity contribution < 1.29 is 0 Å². The van der Waals surface area contributed by atoms with E-state index in [9.17, 15) is 0 Å². The van der Waals surface area contributed by atoms with E-state index in [0.717, 1.165) is 5.70 Å². The summed E-state index contributed by atoms with van der Waals surface area (Å²) >= 11 is 0. The monoisotopic (exact) mass is 177 g/mol. The molecule has 0 aliphatic heterocycles. The molecule has 1 rings (SSSR count). The highest BCUT2D eigenvalue weighted by atomic mass is 14.6. The summed E-state index contributed by atoms with van der Waals surface area (Å²) in [5.41, 5.74) is 6.85. The largest absolute Gasteiger partial charge is 0.399 e. The first-order valence-electron chi connectivity index (χ1n) is 4.69. The van der Waals surface area contributed by atoms with E-state index in [1.165, 1.54) is 0 Å². The van der Waals surface area contributed by atoms with Crippen LogP contribution in [0.5, 0.6) is 0 Å².